The second-order valence-corrected chi connectivity index (χ2v) is 4.91. The minimum atomic E-state index is -0.514. The van der Waals surface area contributed by atoms with Crippen LogP contribution in [0.5, 0.6) is 0 Å². The van der Waals surface area contributed by atoms with Gasteiger partial charge in [-0.1, -0.05) is 41.9 Å². The lowest BCUT2D eigenvalue weighted by molar-refractivity contribution is 0.630. The van der Waals surface area contributed by atoms with Crippen LogP contribution in [0.3, 0.4) is 0 Å². The van der Waals surface area contributed by atoms with Gasteiger partial charge in [0.05, 0.1) is 5.69 Å². The molecule has 1 heterocycles. The largest absolute Gasteiger partial charge is 0.306 e. The summed E-state index contributed by atoms with van der Waals surface area (Å²) in [6.45, 7) is 0. The van der Waals surface area contributed by atoms with E-state index in [1.54, 1.807) is 6.07 Å². The Morgan fingerprint density at radius 2 is 1.81 bits per heavy atom. The third kappa shape index (κ3) is 2.85. The summed E-state index contributed by atoms with van der Waals surface area (Å²) in [5.74, 6) is -0.118. The molecule has 0 saturated carbocycles. The van der Waals surface area contributed by atoms with Gasteiger partial charge in [-0.05, 0) is 18.2 Å². The molecule has 0 fully saturated rings. The fraction of sp³-hybridized carbons (Fsp3) is 0. The van der Waals surface area contributed by atoms with Crippen molar-refractivity contribution in [3.63, 3.8) is 0 Å². The van der Waals surface area contributed by atoms with Gasteiger partial charge in [-0.15, -0.1) is 0 Å². The van der Waals surface area contributed by atoms with E-state index in [2.05, 4.69) is 9.97 Å². The number of hydrogen-bond donors (Lipinski definition) is 1. The maximum Gasteiger partial charge on any atom is 0.251 e. The highest BCUT2D eigenvalue weighted by Gasteiger charge is 2.10. The lowest BCUT2D eigenvalue weighted by atomic mass is 10.1. The second-order valence-electron chi connectivity index (χ2n) is 4.47. The second kappa shape index (κ2) is 5.50. The Balaban J connectivity index is 2.16. The number of H-pyrrole nitrogens is 1. The number of halogens is 2. The molecule has 0 atom stereocenters. The van der Waals surface area contributed by atoms with Crippen molar-refractivity contribution >= 4 is 11.6 Å². The van der Waals surface area contributed by atoms with Gasteiger partial charge < -0.3 is 4.98 Å². The first-order valence-corrected chi connectivity index (χ1v) is 6.63. The number of hydrogen-bond acceptors (Lipinski definition) is 2. The molecular weight excluding hydrogens is 291 g/mol. The molecule has 1 N–H and O–H groups in total. The van der Waals surface area contributed by atoms with E-state index < -0.39 is 5.82 Å². The Kier molecular flexibility index (Phi) is 3.54. The van der Waals surface area contributed by atoms with Crippen molar-refractivity contribution in [3.05, 3.63) is 75.8 Å². The lowest BCUT2D eigenvalue weighted by Crippen LogP contribution is -2.09. The van der Waals surface area contributed by atoms with Gasteiger partial charge in [0.2, 0.25) is 0 Å². The van der Waals surface area contributed by atoms with Gasteiger partial charge in [-0.2, -0.15) is 0 Å². The minimum Gasteiger partial charge on any atom is -0.306 e. The van der Waals surface area contributed by atoms with E-state index >= 15 is 0 Å². The Morgan fingerprint density at radius 3 is 2.52 bits per heavy atom. The summed E-state index contributed by atoms with van der Waals surface area (Å²) >= 11 is 5.73. The summed E-state index contributed by atoms with van der Waals surface area (Å²) in [5.41, 5.74) is 0.925. The zero-order valence-corrected chi connectivity index (χ0v) is 11.6. The van der Waals surface area contributed by atoms with Gasteiger partial charge in [0.1, 0.15) is 11.6 Å². The topological polar surface area (TPSA) is 45.8 Å². The number of aromatic nitrogens is 2. The summed E-state index contributed by atoms with van der Waals surface area (Å²) in [4.78, 5) is 18.8. The molecule has 3 nitrogen and oxygen atoms in total. The van der Waals surface area contributed by atoms with E-state index in [-0.39, 0.29) is 16.8 Å². The summed E-state index contributed by atoms with van der Waals surface area (Å²) < 4.78 is 14.0. The van der Waals surface area contributed by atoms with E-state index in [9.17, 15) is 9.18 Å². The van der Waals surface area contributed by atoms with Crippen molar-refractivity contribution < 1.29 is 4.39 Å². The zero-order chi connectivity index (χ0) is 14.8. The standard InChI is InChI=1S/C16H10ClFN2O/c17-11-6-7-12(13(18)8-11)14-9-15(21)20-16(19-14)10-4-2-1-3-5-10/h1-9H,(H,19,20,21). The molecule has 3 rings (SSSR count). The molecule has 0 saturated heterocycles. The number of nitrogens with zero attached hydrogens (tertiary/aromatic N) is 1. The monoisotopic (exact) mass is 300 g/mol. The molecular formula is C16H10ClFN2O. The average Bonchev–Trinajstić information content (AvgIpc) is 2.47. The van der Waals surface area contributed by atoms with E-state index in [0.29, 0.717) is 10.8 Å². The number of nitrogens with one attached hydrogen (secondary N) is 1. The summed E-state index contributed by atoms with van der Waals surface area (Å²) in [5, 5.41) is 0.296. The van der Waals surface area contributed by atoms with Crippen LogP contribution in [0.25, 0.3) is 22.6 Å². The van der Waals surface area contributed by atoms with Crippen molar-refractivity contribution in [2.45, 2.75) is 0 Å². The molecule has 2 aromatic carbocycles. The highest BCUT2D eigenvalue weighted by Crippen LogP contribution is 2.24. The highest BCUT2D eigenvalue weighted by atomic mass is 35.5. The Morgan fingerprint density at radius 1 is 1.05 bits per heavy atom. The summed E-state index contributed by atoms with van der Waals surface area (Å²) in [7, 11) is 0. The van der Waals surface area contributed by atoms with Crippen LogP contribution in [-0.2, 0) is 0 Å². The van der Waals surface area contributed by atoms with Gasteiger partial charge in [0, 0.05) is 22.2 Å². The van der Waals surface area contributed by atoms with E-state index in [1.165, 1.54) is 18.2 Å². The molecule has 5 heteroatoms. The van der Waals surface area contributed by atoms with Crippen LogP contribution in [0.2, 0.25) is 5.02 Å². The SMILES string of the molecule is O=c1cc(-c2ccc(Cl)cc2F)nc(-c2ccccc2)[nH]1. The first-order valence-electron chi connectivity index (χ1n) is 6.26. The molecule has 1 aromatic heterocycles. The third-order valence-corrected chi connectivity index (χ3v) is 3.23. The van der Waals surface area contributed by atoms with Crippen LogP contribution in [0, 0.1) is 5.82 Å². The van der Waals surface area contributed by atoms with Gasteiger partial charge in [0.25, 0.3) is 5.56 Å². The van der Waals surface area contributed by atoms with E-state index in [0.717, 1.165) is 5.56 Å². The van der Waals surface area contributed by atoms with Crippen molar-refractivity contribution in [1.82, 2.24) is 9.97 Å². The molecule has 0 amide bonds. The summed E-state index contributed by atoms with van der Waals surface area (Å²) in [6.07, 6.45) is 0. The fourth-order valence-electron chi connectivity index (χ4n) is 2.03. The molecule has 3 aromatic rings. The molecule has 0 radical (unpaired) electrons. The Hall–Kier alpha value is -2.46. The smallest absolute Gasteiger partial charge is 0.251 e. The number of benzene rings is 2. The Bertz CT molecular complexity index is 846. The van der Waals surface area contributed by atoms with Gasteiger partial charge in [0.15, 0.2) is 0 Å². The Labute approximate surface area is 125 Å². The number of rotatable bonds is 2. The highest BCUT2D eigenvalue weighted by molar-refractivity contribution is 6.30. The fourth-order valence-corrected chi connectivity index (χ4v) is 2.18. The van der Waals surface area contributed by atoms with Crippen molar-refractivity contribution in [1.29, 1.82) is 0 Å². The van der Waals surface area contributed by atoms with E-state index in [4.69, 9.17) is 11.6 Å². The summed E-state index contributed by atoms with van der Waals surface area (Å²) in [6, 6.07) is 14.7. The average molecular weight is 301 g/mol. The molecule has 0 bridgehead atoms. The van der Waals surface area contributed by atoms with Crippen molar-refractivity contribution in [2.75, 3.05) is 0 Å². The maximum absolute atomic E-state index is 14.0. The van der Waals surface area contributed by atoms with Crippen LogP contribution in [0.4, 0.5) is 4.39 Å². The maximum atomic E-state index is 14.0. The first kappa shape index (κ1) is 13.5. The van der Waals surface area contributed by atoms with E-state index in [1.807, 2.05) is 30.3 Å². The van der Waals surface area contributed by atoms with Gasteiger partial charge in [-0.3, -0.25) is 4.79 Å². The van der Waals surface area contributed by atoms with Crippen LogP contribution in [0.1, 0.15) is 0 Å². The van der Waals surface area contributed by atoms with Gasteiger partial charge >= 0.3 is 0 Å². The van der Waals surface area contributed by atoms with Crippen molar-refractivity contribution in [2.24, 2.45) is 0 Å². The molecule has 104 valence electrons. The minimum absolute atomic E-state index is 0.239. The molecule has 0 unspecified atom stereocenters. The molecule has 0 aliphatic rings. The predicted octanol–water partition coefficient (Wildman–Crippen LogP) is 3.90. The molecule has 0 aliphatic heterocycles. The molecule has 21 heavy (non-hydrogen) atoms. The zero-order valence-electron chi connectivity index (χ0n) is 10.8. The third-order valence-electron chi connectivity index (χ3n) is 3.00. The first-order chi connectivity index (χ1) is 10.1. The predicted molar refractivity (Wildman–Crippen MR) is 80.7 cm³/mol. The van der Waals surface area contributed by atoms with Crippen LogP contribution in [-0.4, -0.2) is 9.97 Å². The van der Waals surface area contributed by atoms with Crippen LogP contribution >= 0.6 is 11.6 Å². The molecule has 0 aliphatic carbocycles. The quantitative estimate of drug-likeness (QED) is 0.780. The van der Waals surface area contributed by atoms with Crippen LogP contribution < -0.4 is 5.56 Å². The van der Waals surface area contributed by atoms with Crippen molar-refractivity contribution in [3.8, 4) is 22.6 Å². The molecule has 0 spiro atoms. The van der Waals surface area contributed by atoms with Crippen LogP contribution in [0.15, 0.2) is 59.4 Å². The number of aromatic amines is 1. The normalized spacial score (nSPS) is 10.6. The lowest BCUT2D eigenvalue weighted by Gasteiger charge is -2.06. The van der Waals surface area contributed by atoms with Gasteiger partial charge in [-0.25, -0.2) is 9.37 Å².